The van der Waals surface area contributed by atoms with Crippen LogP contribution in [0.25, 0.3) is 22.5 Å². The number of aryl methyl sites for hydroxylation is 1. The van der Waals surface area contributed by atoms with E-state index >= 15 is 0 Å². The number of hydrogen-bond acceptors (Lipinski definition) is 9. The van der Waals surface area contributed by atoms with Crippen LogP contribution in [0.3, 0.4) is 0 Å². The monoisotopic (exact) mass is 555 g/mol. The largest absolute Gasteiger partial charge is 0.474 e. The fraction of sp³-hybridized carbons (Fsp3) is 0.481. The van der Waals surface area contributed by atoms with Crippen molar-refractivity contribution >= 4 is 19.6 Å². The van der Waals surface area contributed by atoms with Gasteiger partial charge >= 0.3 is 13.9 Å². The van der Waals surface area contributed by atoms with Crippen molar-refractivity contribution in [3.63, 3.8) is 0 Å². The predicted octanol–water partition coefficient (Wildman–Crippen LogP) is 5.55. The minimum atomic E-state index is -3.76. The second-order valence-corrected chi connectivity index (χ2v) is 11.4. The molecule has 0 radical (unpaired) electrons. The summed E-state index contributed by atoms with van der Waals surface area (Å²) in [6.45, 7) is 4.53. The molecule has 0 unspecified atom stereocenters. The number of unbranched alkanes of at least 4 members (excludes halogenated alkanes) is 2. The Morgan fingerprint density at radius 1 is 1.03 bits per heavy atom. The number of amides is 1. The Balaban J connectivity index is 1.27. The first kappa shape index (κ1) is 27.5. The van der Waals surface area contributed by atoms with Crippen molar-refractivity contribution in [2.24, 2.45) is 7.05 Å². The van der Waals surface area contributed by atoms with Gasteiger partial charge in [-0.25, -0.2) is 14.0 Å². The van der Waals surface area contributed by atoms with Crippen LogP contribution in [0.15, 0.2) is 42.7 Å². The minimum absolute atomic E-state index is 0.0719. The Bertz CT molecular complexity index is 1330. The van der Waals surface area contributed by atoms with E-state index in [2.05, 4.69) is 21.4 Å². The summed E-state index contributed by atoms with van der Waals surface area (Å²) in [4.78, 5) is 19.0. The Hall–Kier alpha value is -3.11. The van der Waals surface area contributed by atoms with Crippen molar-refractivity contribution in [2.45, 2.75) is 58.1 Å². The second-order valence-electron chi connectivity index (χ2n) is 9.70. The maximum absolute atomic E-state index is 13.2. The number of cyclic esters (lactones) is 1. The van der Waals surface area contributed by atoms with E-state index in [4.69, 9.17) is 18.3 Å². The molecule has 4 heterocycles. The Morgan fingerprint density at radius 3 is 2.41 bits per heavy atom. The van der Waals surface area contributed by atoms with E-state index in [0.717, 1.165) is 59.4 Å². The first-order chi connectivity index (χ1) is 18.9. The molecule has 0 bridgehead atoms. The maximum Gasteiger partial charge on any atom is 0.474 e. The second kappa shape index (κ2) is 12.0. The molecule has 2 aliphatic heterocycles. The molecule has 1 amide bonds. The number of phosphoric acid groups is 1. The fourth-order valence-electron chi connectivity index (χ4n) is 4.76. The lowest BCUT2D eigenvalue weighted by Gasteiger charge is -2.21. The van der Waals surface area contributed by atoms with E-state index in [1.807, 2.05) is 51.4 Å². The van der Waals surface area contributed by atoms with Gasteiger partial charge < -0.3 is 4.74 Å². The van der Waals surface area contributed by atoms with Crippen LogP contribution in [0, 0.1) is 0 Å². The summed E-state index contributed by atoms with van der Waals surface area (Å²) in [5.41, 5.74) is 5.41. The topological polar surface area (TPSA) is 118 Å². The molecule has 1 fully saturated rings. The first-order valence-electron chi connectivity index (χ1n) is 13.4. The van der Waals surface area contributed by atoms with Gasteiger partial charge in [0, 0.05) is 18.8 Å². The summed E-state index contributed by atoms with van der Waals surface area (Å²) >= 11 is 0. The van der Waals surface area contributed by atoms with E-state index in [1.165, 1.54) is 0 Å². The molecule has 1 saturated heterocycles. The number of anilines is 1. The molecule has 0 spiro atoms. The van der Waals surface area contributed by atoms with E-state index in [9.17, 15) is 9.36 Å². The number of carbonyl (C=O) groups excluding carboxylic acids is 1. The van der Waals surface area contributed by atoms with Crippen LogP contribution in [0.1, 0.15) is 45.1 Å². The molecule has 0 aliphatic carbocycles. The van der Waals surface area contributed by atoms with Gasteiger partial charge in [-0.15, -0.1) is 5.10 Å². The molecule has 1 aromatic carbocycles. The molecule has 3 aromatic rings. The smallest absolute Gasteiger partial charge is 0.441 e. The highest BCUT2D eigenvalue weighted by Gasteiger charge is 2.48. The summed E-state index contributed by atoms with van der Waals surface area (Å²) in [6.07, 6.45) is 6.34. The average Bonchev–Trinajstić information content (AvgIpc) is 3.62. The highest BCUT2D eigenvalue weighted by molar-refractivity contribution is 7.48. The molecule has 12 heteroatoms. The zero-order valence-electron chi connectivity index (χ0n) is 22.5. The van der Waals surface area contributed by atoms with Crippen LogP contribution in [0.4, 0.5) is 10.5 Å². The highest BCUT2D eigenvalue weighted by atomic mass is 31.2. The van der Waals surface area contributed by atoms with Crippen LogP contribution in [0.2, 0.25) is 0 Å². The lowest BCUT2D eigenvalue weighted by atomic mass is 10.0. The van der Waals surface area contributed by atoms with Gasteiger partial charge in [-0.3, -0.25) is 23.5 Å². The number of fused-ring (bicyclic) bond motifs is 3. The number of phosphoric ester groups is 1. The van der Waals surface area contributed by atoms with Gasteiger partial charge in [-0.2, -0.15) is 0 Å². The molecule has 0 N–H and O–H groups in total. The van der Waals surface area contributed by atoms with Crippen molar-refractivity contribution < 1.29 is 27.7 Å². The SMILES string of the molecule is CCCCOP(=O)(OCCCC)OC[C@@H]1OC(=O)N2c3ccc(-c4ccc(-c5cnnn5C)nc4)cc3C[C@@H]12. The van der Waals surface area contributed by atoms with Crippen molar-refractivity contribution in [3.05, 3.63) is 48.3 Å². The third kappa shape index (κ3) is 5.91. The van der Waals surface area contributed by atoms with Gasteiger partial charge in [0.15, 0.2) is 0 Å². The number of hydrogen-bond donors (Lipinski definition) is 0. The Kier molecular flexibility index (Phi) is 8.42. The number of benzene rings is 1. The Labute approximate surface area is 228 Å². The van der Waals surface area contributed by atoms with E-state index < -0.39 is 20.0 Å². The average molecular weight is 556 g/mol. The number of rotatable bonds is 13. The molecule has 5 rings (SSSR count). The molecular formula is C27H34N5O6P. The number of ether oxygens (including phenoxy) is 1. The van der Waals surface area contributed by atoms with Gasteiger partial charge in [0.25, 0.3) is 0 Å². The molecule has 0 saturated carbocycles. The molecule has 208 valence electrons. The summed E-state index contributed by atoms with van der Waals surface area (Å²) in [5.74, 6) is 0. The summed E-state index contributed by atoms with van der Waals surface area (Å²) in [6, 6.07) is 9.66. The van der Waals surface area contributed by atoms with Crippen LogP contribution in [-0.4, -0.2) is 58.0 Å². The third-order valence-corrected chi connectivity index (χ3v) is 8.41. The first-order valence-corrected chi connectivity index (χ1v) is 14.9. The van der Waals surface area contributed by atoms with Crippen LogP contribution >= 0.6 is 7.82 Å². The predicted molar refractivity (Wildman–Crippen MR) is 145 cm³/mol. The van der Waals surface area contributed by atoms with Crippen molar-refractivity contribution in [3.8, 4) is 22.5 Å². The minimum Gasteiger partial charge on any atom is -0.441 e. The molecule has 11 nitrogen and oxygen atoms in total. The molecule has 2 aliphatic rings. The summed E-state index contributed by atoms with van der Waals surface area (Å²) in [7, 11) is -1.94. The van der Waals surface area contributed by atoms with E-state index in [1.54, 1.807) is 15.8 Å². The van der Waals surface area contributed by atoms with Gasteiger partial charge in [-0.05, 0) is 48.6 Å². The quantitative estimate of drug-likeness (QED) is 0.197. The molecular weight excluding hydrogens is 521 g/mol. The van der Waals surface area contributed by atoms with Crippen molar-refractivity contribution in [1.29, 1.82) is 0 Å². The zero-order chi connectivity index (χ0) is 27.4. The Morgan fingerprint density at radius 2 is 1.77 bits per heavy atom. The summed E-state index contributed by atoms with van der Waals surface area (Å²) in [5, 5.41) is 7.87. The van der Waals surface area contributed by atoms with Gasteiger partial charge in [-0.1, -0.05) is 44.0 Å². The van der Waals surface area contributed by atoms with Crippen molar-refractivity contribution in [2.75, 3.05) is 24.7 Å². The van der Waals surface area contributed by atoms with Crippen LogP contribution in [0.5, 0.6) is 0 Å². The number of carbonyl (C=O) groups is 1. The van der Waals surface area contributed by atoms with Crippen LogP contribution < -0.4 is 4.90 Å². The number of pyridine rings is 1. The number of aromatic nitrogens is 4. The molecule has 2 atom stereocenters. The fourth-order valence-corrected chi connectivity index (χ4v) is 6.01. The molecule has 39 heavy (non-hydrogen) atoms. The normalized spacial score (nSPS) is 18.3. The lowest BCUT2D eigenvalue weighted by Crippen LogP contribution is -2.35. The summed E-state index contributed by atoms with van der Waals surface area (Å²) < 4.78 is 37.2. The van der Waals surface area contributed by atoms with Crippen molar-refractivity contribution in [1.82, 2.24) is 20.0 Å². The van der Waals surface area contributed by atoms with E-state index in [-0.39, 0.29) is 25.9 Å². The van der Waals surface area contributed by atoms with Gasteiger partial charge in [0.2, 0.25) is 0 Å². The van der Waals surface area contributed by atoms with E-state index in [0.29, 0.717) is 6.42 Å². The van der Waals surface area contributed by atoms with Gasteiger partial charge in [0.1, 0.15) is 11.8 Å². The standard InChI is InChI=1S/C27H34N5O6P/c1-4-6-12-35-39(34,36-13-7-5-2)37-18-26-24-15-21-14-19(9-11-23(21)32(24)27(33)38-26)20-8-10-22(28-16-20)25-17-29-30-31(25)3/h8-11,14,16-17,24,26H,4-7,12-13,15,18H2,1-3H3/t24-,26-/m0/s1. The maximum atomic E-state index is 13.2. The number of nitrogens with zero attached hydrogens (tertiary/aromatic N) is 5. The molecule has 2 aromatic heterocycles. The highest BCUT2D eigenvalue weighted by Crippen LogP contribution is 2.51. The lowest BCUT2D eigenvalue weighted by molar-refractivity contribution is 0.0551. The van der Waals surface area contributed by atoms with Gasteiger partial charge in [0.05, 0.1) is 43.4 Å². The third-order valence-electron chi connectivity index (χ3n) is 6.94. The zero-order valence-corrected chi connectivity index (χ0v) is 23.4. The van der Waals surface area contributed by atoms with Crippen LogP contribution in [-0.2, 0) is 36.3 Å².